The zero-order valence-electron chi connectivity index (χ0n) is 11.4. The van der Waals surface area contributed by atoms with Gasteiger partial charge in [-0.15, -0.1) is 23.1 Å². The molecular formula is C15H15NO3S2. The molecule has 0 spiro atoms. The fourth-order valence-electron chi connectivity index (χ4n) is 1.85. The average molecular weight is 321 g/mol. The first-order valence-corrected chi connectivity index (χ1v) is 8.35. The Hall–Kier alpha value is -1.79. The lowest BCUT2D eigenvalue weighted by Crippen LogP contribution is -2.03. The van der Waals surface area contributed by atoms with Crippen LogP contribution in [0, 0.1) is 0 Å². The van der Waals surface area contributed by atoms with Crippen molar-refractivity contribution in [2.24, 2.45) is 5.16 Å². The lowest BCUT2D eigenvalue weighted by Gasteiger charge is -2.00. The summed E-state index contributed by atoms with van der Waals surface area (Å²) in [5, 5.41) is 21.0. The smallest absolute Gasteiger partial charge is 0.303 e. The Kier molecular flexibility index (Phi) is 5.41. The molecule has 0 radical (unpaired) electrons. The van der Waals surface area contributed by atoms with E-state index in [0.717, 1.165) is 15.3 Å². The van der Waals surface area contributed by atoms with Crippen LogP contribution in [0.1, 0.15) is 17.7 Å². The molecule has 0 saturated carbocycles. The molecule has 2 N–H and O–H groups in total. The van der Waals surface area contributed by atoms with Crippen LogP contribution in [-0.4, -0.2) is 28.3 Å². The normalized spacial score (nSPS) is 11.6. The number of thiophene rings is 1. The van der Waals surface area contributed by atoms with Crippen LogP contribution in [0.5, 0.6) is 0 Å². The molecule has 110 valence electrons. The number of carboxylic acids is 1. The van der Waals surface area contributed by atoms with Crippen molar-refractivity contribution in [2.45, 2.75) is 17.7 Å². The highest BCUT2D eigenvalue weighted by atomic mass is 32.2. The maximum Gasteiger partial charge on any atom is 0.303 e. The van der Waals surface area contributed by atoms with Crippen molar-refractivity contribution in [1.82, 2.24) is 0 Å². The Morgan fingerprint density at radius 3 is 2.48 bits per heavy atom. The van der Waals surface area contributed by atoms with Gasteiger partial charge < -0.3 is 10.3 Å². The summed E-state index contributed by atoms with van der Waals surface area (Å²) in [4.78, 5) is 13.7. The summed E-state index contributed by atoms with van der Waals surface area (Å²) in [6.07, 6.45) is 2.21. The van der Waals surface area contributed by atoms with Crippen molar-refractivity contribution >= 4 is 34.8 Å². The summed E-state index contributed by atoms with van der Waals surface area (Å²) < 4.78 is 0. The van der Waals surface area contributed by atoms with E-state index in [1.165, 1.54) is 16.2 Å². The van der Waals surface area contributed by atoms with Crippen LogP contribution in [0.3, 0.4) is 0 Å². The molecule has 0 amide bonds. The zero-order valence-corrected chi connectivity index (χ0v) is 13.1. The fourth-order valence-corrected chi connectivity index (χ4v) is 3.28. The van der Waals surface area contributed by atoms with Gasteiger partial charge in [-0.2, -0.15) is 0 Å². The van der Waals surface area contributed by atoms with E-state index in [-0.39, 0.29) is 12.8 Å². The summed E-state index contributed by atoms with van der Waals surface area (Å²) in [7, 11) is 0. The number of thioether (sulfide) groups is 1. The molecule has 0 aliphatic rings. The van der Waals surface area contributed by atoms with Crippen LogP contribution in [0.2, 0.25) is 0 Å². The molecule has 2 aromatic rings. The van der Waals surface area contributed by atoms with Gasteiger partial charge in [0.05, 0.1) is 17.0 Å². The Morgan fingerprint density at radius 1 is 1.19 bits per heavy atom. The van der Waals surface area contributed by atoms with Crippen LogP contribution in [0.15, 0.2) is 46.4 Å². The van der Waals surface area contributed by atoms with Gasteiger partial charge in [-0.3, -0.25) is 4.79 Å². The number of nitrogens with zero attached hydrogens (tertiary/aromatic N) is 1. The number of aliphatic carboxylic acids is 1. The molecule has 0 bridgehead atoms. The van der Waals surface area contributed by atoms with Crippen molar-refractivity contribution in [2.75, 3.05) is 6.26 Å². The van der Waals surface area contributed by atoms with Crippen LogP contribution in [0.25, 0.3) is 10.4 Å². The third-order valence-electron chi connectivity index (χ3n) is 2.96. The minimum absolute atomic E-state index is 0.0466. The summed E-state index contributed by atoms with van der Waals surface area (Å²) in [6, 6.07) is 12.0. The minimum Gasteiger partial charge on any atom is -0.481 e. The van der Waals surface area contributed by atoms with Gasteiger partial charge in [-0.1, -0.05) is 17.3 Å². The van der Waals surface area contributed by atoms with Gasteiger partial charge in [-0.05, 0) is 36.1 Å². The highest BCUT2D eigenvalue weighted by molar-refractivity contribution is 7.98. The Bertz CT molecular complexity index is 647. The van der Waals surface area contributed by atoms with Crippen LogP contribution in [0.4, 0.5) is 0 Å². The summed E-state index contributed by atoms with van der Waals surface area (Å²) in [5.74, 6) is -0.902. The SMILES string of the molecule is CSc1ccc(-c2ccc(/C(CCC(=O)O)=N\O)s2)cc1. The van der Waals surface area contributed by atoms with Crippen molar-refractivity contribution in [3.63, 3.8) is 0 Å². The van der Waals surface area contributed by atoms with E-state index in [0.29, 0.717) is 5.71 Å². The molecule has 0 fully saturated rings. The number of rotatable bonds is 6. The predicted molar refractivity (Wildman–Crippen MR) is 86.7 cm³/mol. The highest BCUT2D eigenvalue weighted by Crippen LogP contribution is 2.30. The molecule has 0 aliphatic heterocycles. The number of oxime groups is 1. The van der Waals surface area contributed by atoms with Crippen molar-refractivity contribution in [1.29, 1.82) is 0 Å². The largest absolute Gasteiger partial charge is 0.481 e. The first-order valence-electron chi connectivity index (χ1n) is 6.31. The number of hydrogen-bond donors (Lipinski definition) is 2. The van der Waals surface area contributed by atoms with Gasteiger partial charge >= 0.3 is 5.97 Å². The van der Waals surface area contributed by atoms with E-state index in [2.05, 4.69) is 29.4 Å². The van der Waals surface area contributed by atoms with E-state index in [4.69, 9.17) is 10.3 Å². The Labute approximate surface area is 131 Å². The first-order chi connectivity index (χ1) is 10.1. The second kappa shape index (κ2) is 7.28. The van der Waals surface area contributed by atoms with Crippen molar-refractivity contribution in [3.05, 3.63) is 41.3 Å². The topological polar surface area (TPSA) is 69.9 Å². The van der Waals surface area contributed by atoms with Gasteiger partial charge in [0.15, 0.2) is 0 Å². The van der Waals surface area contributed by atoms with Crippen LogP contribution < -0.4 is 0 Å². The third kappa shape index (κ3) is 4.09. The van der Waals surface area contributed by atoms with E-state index in [1.54, 1.807) is 11.8 Å². The lowest BCUT2D eigenvalue weighted by molar-refractivity contribution is -0.136. The predicted octanol–water partition coefficient (Wildman–Crippen LogP) is 4.18. The van der Waals surface area contributed by atoms with E-state index < -0.39 is 5.97 Å². The number of carboxylic acid groups (broad SMARTS) is 1. The summed E-state index contributed by atoms with van der Waals surface area (Å²) in [5.41, 5.74) is 1.51. The summed E-state index contributed by atoms with van der Waals surface area (Å²) in [6.45, 7) is 0. The number of hydrogen-bond acceptors (Lipinski definition) is 5. The summed E-state index contributed by atoms with van der Waals surface area (Å²) >= 11 is 3.18. The fraction of sp³-hybridized carbons (Fsp3) is 0.200. The quantitative estimate of drug-likeness (QED) is 0.362. The van der Waals surface area contributed by atoms with Crippen molar-refractivity contribution < 1.29 is 15.1 Å². The van der Waals surface area contributed by atoms with Gasteiger partial charge in [0.25, 0.3) is 0 Å². The van der Waals surface area contributed by atoms with Crippen molar-refractivity contribution in [3.8, 4) is 10.4 Å². The standard InChI is InChI=1S/C15H15NO3S2/c1-20-11-4-2-10(3-5-11)13-7-8-14(21-13)12(16-19)6-9-15(17)18/h2-5,7-8,19H,6,9H2,1H3,(H,17,18)/b16-12-. The number of carbonyl (C=O) groups is 1. The van der Waals surface area contributed by atoms with Crippen LogP contribution in [-0.2, 0) is 4.79 Å². The molecule has 0 unspecified atom stereocenters. The molecule has 0 saturated heterocycles. The maximum atomic E-state index is 10.6. The molecule has 21 heavy (non-hydrogen) atoms. The molecule has 0 aliphatic carbocycles. The monoisotopic (exact) mass is 321 g/mol. The van der Waals surface area contributed by atoms with E-state index in [9.17, 15) is 4.79 Å². The molecule has 4 nitrogen and oxygen atoms in total. The molecular weight excluding hydrogens is 306 g/mol. The molecule has 6 heteroatoms. The van der Waals surface area contributed by atoms with Gasteiger partial charge in [0, 0.05) is 16.2 Å². The molecule has 1 aromatic carbocycles. The third-order valence-corrected chi connectivity index (χ3v) is 4.89. The minimum atomic E-state index is -0.902. The second-order valence-corrected chi connectivity index (χ2v) is 6.30. The first kappa shape index (κ1) is 15.6. The van der Waals surface area contributed by atoms with Gasteiger partial charge in [0.2, 0.25) is 0 Å². The molecule has 1 aromatic heterocycles. The maximum absolute atomic E-state index is 10.6. The zero-order chi connectivity index (χ0) is 15.2. The lowest BCUT2D eigenvalue weighted by atomic mass is 10.1. The molecule has 1 heterocycles. The molecule has 2 rings (SSSR count). The Balaban J connectivity index is 2.17. The van der Waals surface area contributed by atoms with Gasteiger partial charge in [0.1, 0.15) is 0 Å². The second-order valence-electron chi connectivity index (χ2n) is 4.33. The van der Waals surface area contributed by atoms with E-state index >= 15 is 0 Å². The van der Waals surface area contributed by atoms with E-state index in [1.807, 2.05) is 18.4 Å². The molecule has 0 atom stereocenters. The number of benzene rings is 1. The van der Waals surface area contributed by atoms with Gasteiger partial charge in [-0.25, -0.2) is 0 Å². The Morgan fingerprint density at radius 2 is 1.90 bits per heavy atom. The van der Waals surface area contributed by atoms with Crippen LogP contribution >= 0.6 is 23.1 Å². The highest BCUT2D eigenvalue weighted by Gasteiger charge is 2.11. The average Bonchev–Trinajstić information content (AvgIpc) is 2.97.